The van der Waals surface area contributed by atoms with E-state index >= 15 is 0 Å². The molecule has 2 atom stereocenters. The Bertz CT molecular complexity index is 327. The number of aryl methyl sites for hydroxylation is 1. The fourth-order valence-electron chi connectivity index (χ4n) is 1.99. The Morgan fingerprint density at radius 1 is 1.50 bits per heavy atom. The highest BCUT2D eigenvalue weighted by Gasteiger charge is 2.18. The van der Waals surface area contributed by atoms with Gasteiger partial charge in [-0.3, -0.25) is 0 Å². The zero-order valence-corrected chi connectivity index (χ0v) is 12.8. The van der Waals surface area contributed by atoms with E-state index in [1.165, 1.54) is 11.4 Å². The van der Waals surface area contributed by atoms with Crippen LogP contribution in [0.15, 0.2) is 5.38 Å². The molecule has 0 aliphatic heterocycles. The molecule has 18 heavy (non-hydrogen) atoms. The van der Waals surface area contributed by atoms with E-state index in [9.17, 15) is 0 Å². The van der Waals surface area contributed by atoms with Gasteiger partial charge >= 0.3 is 0 Å². The summed E-state index contributed by atoms with van der Waals surface area (Å²) in [5, 5.41) is 7.02. The number of hydrogen-bond acceptors (Lipinski definition) is 4. The minimum absolute atomic E-state index is 0.505. The molecule has 0 bridgehead atoms. The summed E-state index contributed by atoms with van der Waals surface area (Å²) in [7, 11) is 1.77. The van der Waals surface area contributed by atoms with Gasteiger partial charge < -0.3 is 10.1 Å². The zero-order valence-electron chi connectivity index (χ0n) is 12.0. The van der Waals surface area contributed by atoms with Crippen LogP contribution in [0.1, 0.15) is 37.4 Å². The maximum Gasteiger partial charge on any atom is 0.0943 e. The maximum absolute atomic E-state index is 5.18. The molecule has 0 fully saturated rings. The molecular formula is C14H26N2OS. The van der Waals surface area contributed by atoms with Gasteiger partial charge in [0.15, 0.2) is 0 Å². The molecular weight excluding hydrogens is 244 g/mol. The van der Waals surface area contributed by atoms with E-state index in [1.54, 1.807) is 18.4 Å². The van der Waals surface area contributed by atoms with E-state index in [0.29, 0.717) is 12.0 Å². The summed E-state index contributed by atoms with van der Waals surface area (Å²) in [4.78, 5) is 4.57. The van der Waals surface area contributed by atoms with Crippen LogP contribution in [0.3, 0.4) is 0 Å². The Kier molecular flexibility index (Phi) is 7.47. The van der Waals surface area contributed by atoms with Gasteiger partial charge in [-0.2, -0.15) is 0 Å². The van der Waals surface area contributed by atoms with Gasteiger partial charge in [0.2, 0.25) is 0 Å². The lowest BCUT2D eigenvalue weighted by Crippen LogP contribution is -2.37. The van der Waals surface area contributed by atoms with Crippen LogP contribution < -0.4 is 5.32 Å². The Morgan fingerprint density at radius 2 is 2.28 bits per heavy atom. The third-order valence-electron chi connectivity index (χ3n) is 3.18. The molecule has 1 N–H and O–H groups in total. The molecule has 1 aromatic rings. The minimum atomic E-state index is 0.505. The predicted octanol–water partition coefficient (Wildman–Crippen LogP) is 3.03. The third kappa shape index (κ3) is 5.46. The van der Waals surface area contributed by atoms with Gasteiger partial charge in [-0.25, -0.2) is 4.98 Å². The topological polar surface area (TPSA) is 34.2 Å². The van der Waals surface area contributed by atoms with E-state index in [0.717, 1.165) is 31.7 Å². The molecule has 0 amide bonds. The molecule has 0 aliphatic rings. The fourth-order valence-corrected chi connectivity index (χ4v) is 2.83. The minimum Gasteiger partial charge on any atom is -0.385 e. The second-order valence-corrected chi connectivity index (χ2v) is 5.85. The molecule has 4 heteroatoms. The highest BCUT2D eigenvalue weighted by atomic mass is 32.1. The summed E-state index contributed by atoms with van der Waals surface area (Å²) in [5.74, 6) is 0.612. The van der Waals surface area contributed by atoms with Crippen LogP contribution in [0.5, 0.6) is 0 Å². The van der Waals surface area contributed by atoms with Crippen molar-refractivity contribution in [3.05, 3.63) is 16.1 Å². The van der Waals surface area contributed by atoms with Crippen LogP contribution in [0.25, 0.3) is 0 Å². The first-order chi connectivity index (χ1) is 8.67. The molecule has 1 heterocycles. The molecule has 0 aromatic carbocycles. The van der Waals surface area contributed by atoms with Gasteiger partial charge in [-0.05, 0) is 32.2 Å². The van der Waals surface area contributed by atoms with E-state index in [4.69, 9.17) is 4.74 Å². The first kappa shape index (κ1) is 15.6. The highest BCUT2D eigenvalue weighted by Crippen LogP contribution is 2.17. The molecule has 1 aromatic heterocycles. The highest BCUT2D eigenvalue weighted by molar-refractivity contribution is 7.09. The third-order valence-corrected chi connectivity index (χ3v) is 4.17. The molecule has 0 aliphatic carbocycles. The molecule has 2 unspecified atom stereocenters. The SMILES string of the molecule is CCCNC(Cc1nc(C)cs1)C(C)CCOC. The van der Waals surface area contributed by atoms with E-state index in [-0.39, 0.29) is 0 Å². The first-order valence-corrected chi connectivity index (χ1v) is 7.68. The predicted molar refractivity (Wildman–Crippen MR) is 78.3 cm³/mol. The Labute approximate surface area is 115 Å². The Morgan fingerprint density at radius 3 is 2.83 bits per heavy atom. The fraction of sp³-hybridized carbons (Fsp3) is 0.786. The van der Waals surface area contributed by atoms with Crippen LogP contribution in [0.2, 0.25) is 0 Å². The van der Waals surface area contributed by atoms with Crippen LogP contribution >= 0.6 is 11.3 Å². The van der Waals surface area contributed by atoms with Gasteiger partial charge in [0.05, 0.1) is 5.01 Å². The molecule has 0 saturated carbocycles. The monoisotopic (exact) mass is 270 g/mol. The van der Waals surface area contributed by atoms with Crippen LogP contribution in [0.4, 0.5) is 0 Å². The Hall–Kier alpha value is -0.450. The van der Waals surface area contributed by atoms with Gasteiger partial charge in [0.1, 0.15) is 0 Å². The number of thiazole rings is 1. The molecule has 104 valence electrons. The maximum atomic E-state index is 5.18. The Balaban J connectivity index is 2.53. The van der Waals surface area contributed by atoms with Gasteiger partial charge in [0, 0.05) is 37.3 Å². The standard InChI is InChI=1S/C14H26N2OS/c1-5-7-15-13(11(2)6-8-17-4)9-14-16-12(3)10-18-14/h10-11,13,15H,5-9H2,1-4H3. The second kappa shape index (κ2) is 8.62. The summed E-state index contributed by atoms with van der Waals surface area (Å²) in [6, 6.07) is 0.505. The average Bonchev–Trinajstić information content (AvgIpc) is 2.77. The first-order valence-electron chi connectivity index (χ1n) is 6.80. The van der Waals surface area contributed by atoms with Crippen molar-refractivity contribution < 1.29 is 4.74 Å². The zero-order chi connectivity index (χ0) is 13.4. The molecule has 3 nitrogen and oxygen atoms in total. The smallest absolute Gasteiger partial charge is 0.0943 e. The molecule has 1 rings (SSSR count). The molecule has 0 radical (unpaired) electrons. The quantitative estimate of drug-likeness (QED) is 0.749. The lowest BCUT2D eigenvalue weighted by molar-refractivity contribution is 0.170. The number of ether oxygens (including phenoxy) is 1. The van der Waals surface area contributed by atoms with Crippen LogP contribution in [-0.2, 0) is 11.2 Å². The normalized spacial score (nSPS) is 14.7. The number of nitrogens with zero attached hydrogens (tertiary/aromatic N) is 1. The van der Waals surface area contributed by atoms with Crippen molar-refractivity contribution in [3.63, 3.8) is 0 Å². The van der Waals surface area contributed by atoms with E-state index in [1.807, 2.05) is 0 Å². The lowest BCUT2D eigenvalue weighted by atomic mass is 9.96. The van der Waals surface area contributed by atoms with Crippen molar-refractivity contribution in [1.29, 1.82) is 0 Å². The molecule has 0 saturated heterocycles. The number of aromatic nitrogens is 1. The van der Waals surface area contributed by atoms with Crippen molar-refractivity contribution in [2.24, 2.45) is 5.92 Å². The number of nitrogens with one attached hydrogen (secondary N) is 1. The summed E-state index contributed by atoms with van der Waals surface area (Å²) < 4.78 is 5.18. The molecule has 0 spiro atoms. The number of rotatable bonds is 9. The lowest BCUT2D eigenvalue weighted by Gasteiger charge is -2.24. The summed E-state index contributed by atoms with van der Waals surface area (Å²) in [6.45, 7) is 8.47. The second-order valence-electron chi connectivity index (χ2n) is 4.91. The summed E-state index contributed by atoms with van der Waals surface area (Å²) >= 11 is 1.77. The van der Waals surface area contributed by atoms with Crippen molar-refractivity contribution in [2.75, 3.05) is 20.3 Å². The van der Waals surface area contributed by atoms with Crippen molar-refractivity contribution in [1.82, 2.24) is 10.3 Å². The van der Waals surface area contributed by atoms with Crippen molar-refractivity contribution >= 4 is 11.3 Å². The van der Waals surface area contributed by atoms with Gasteiger partial charge in [-0.15, -0.1) is 11.3 Å². The van der Waals surface area contributed by atoms with Crippen molar-refractivity contribution in [2.45, 2.75) is 46.1 Å². The van der Waals surface area contributed by atoms with Crippen LogP contribution in [0, 0.1) is 12.8 Å². The average molecular weight is 270 g/mol. The summed E-state index contributed by atoms with van der Waals surface area (Å²) in [5.41, 5.74) is 1.13. The van der Waals surface area contributed by atoms with Crippen molar-refractivity contribution in [3.8, 4) is 0 Å². The van der Waals surface area contributed by atoms with E-state index < -0.39 is 0 Å². The summed E-state index contributed by atoms with van der Waals surface area (Å²) in [6.07, 6.45) is 3.30. The number of hydrogen-bond donors (Lipinski definition) is 1. The van der Waals surface area contributed by atoms with Gasteiger partial charge in [0.25, 0.3) is 0 Å². The largest absolute Gasteiger partial charge is 0.385 e. The van der Waals surface area contributed by atoms with Crippen LogP contribution in [-0.4, -0.2) is 31.3 Å². The van der Waals surface area contributed by atoms with E-state index in [2.05, 4.69) is 36.5 Å². The number of methoxy groups -OCH3 is 1. The van der Waals surface area contributed by atoms with Gasteiger partial charge in [-0.1, -0.05) is 13.8 Å².